The fourth-order valence-electron chi connectivity index (χ4n) is 4.07. The molecule has 0 atom stereocenters. The number of carbonyl (C=O) groups is 1. The van der Waals surface area contributed by atoms with E-state index < -0.39 is 0 Å². The van der Waals surface area contributed by atoms with E-state index in [1.807, 2.05) is 46.0 Å². The molecule has 2 aromatic carbocycles. The highest BCUT2D eigenvalue weighted by Crippen LogP contribution is 2.28. The number of para-hydroxylation sites is 1. The van der Waals surface area contributed by atoms with Gasteiger partial charge in [0, 0.05) is 31.9 Å². The summed E-state index contributed by atoms with van der Waals surface area (Å²) in [6, 6.07) is 16.2. The molecule has 3 aromatic rings. The van der Waals surface area contributed by atoms with Crippen LogP contribution in [0.4, 0.5) is 16.2 Å². The predicted molar refractivity (Wildman–Crippen MR) is 122 cm³/mol. The molecule has 1 aliphatic rings. The highest BCUT2D eigenvalue weighted by atomic mass is 16.2. The zero-order valence-electron chi connectivity index (χ0n) is 18.1. The minimum atomic E-state index is -0.0358. The van der Waals surface area contributed by atoms with E-state index in [1.165, 1.54) is 16.8 Å². The molecule has 1 aromatic heterocycles. The summed E-state index contributed by atoms with van der Waals surface area (Å²) in [7, 11) is 0. The third kappa shape index (κ3) is 3.90. The Balaban J connectivity index is 1.43. The maximum Gasteiger partial charge on any atom is 0.321 e. The second kappa shape index (κ2) is 8.22. The number of hydrogen-bond acceptors (Lipinski definition) is 3. The molecule has 4 rings (SSSR count). The van der Waals surface area contributed by atoms with Gasteiger partial charge in [-0.3, -0.25) is 0 Å². The molecule has 0 unspecified atom stereocenters. The van der Waals surface area contributed by atoms with Crippen LogP contribution in [0.3, 0.4) is 0 Å². The number of hydrogen-bond donors (Lipinski definition) is 1. The summed E-state index contributed by atoms with van der Waals surface area (Å²) in [5.41, 5.74) is 7.64. The van der Waals surface area contributed by atoms with Crippen molar-refractivity contribution in [3.8, 4) is 5.69 Å². The van der Waals surface area contributed by atoms with Gasteiger partial charge in [-0.2, -0.15) is 5.10 Å². The molecule has 0 bridgehead atoms. The lowest BCUT2D eigenvalue weighted by Gasteiger charge is -2.36. The number of aryl methyl sites for hydroxylation is 3. The fourth-order valence-corrected chi connectivity index (χ4v) is 4.07. The lowest BCUT2D eigenvalue weighted by Crippen LogP contribution is -2.50. The standard InChI is InChI=1S/C24H29N5O/c1-17-10-11-21(16-18(17)2)25-24(30)28-14-12-27(13-15-28)23-19(3)26-29(20(23)4)22-8-6-5-7-9-22/h5-11,16H,12-15H2,1-4H3,(H,25,30). The van der Waals surface area contributed by atoms with Crippen molar-refractivity contribution >= 4 is 17.4 Å². The summed E-state index contributed by atoms with van der Waals surface area (Å²) in [6.45, 7) is 11.3. The number of urea groups is 1. The monoisotopic (exact) mass is 403 g/mol. The molecule has 2 amide bonds. The number of benzene rings is 2. The Morgan fingerprint density at radius 1 is 0.900 bits per heavy atom. The molecule has 1 aliphatic heterocycles. The number of nitrogens with zero attached hydrogens (tertiary/aromatic N) is 4. The molecular formula is C24H29N5O. The molecule has 1 saturated heterocycles. The van der Waals surface area contributed by atoms with Crippen LogP contribution in [0.25, 0.3) is 5.69 Å². The first-order valence-electron chi connectivity index (χ1n) is 10.4. The average Bonchev–Trinajstić information content (AvgIpc) is 3.05. The van der Waals surface area contributed by atoms with E-state index in [0.717, 1.165) is 35.9 Å². The van der Waals surface area contributed by atoms with Gasteiger partial charge in [-0.1, -0.05) is 24.3 Å². The van der Waals surface area contributed by atoms with E-state index in [2.05, 4.69) is 50.0 Å². The van der Waals surface area contributed by atoms with Crippen molar-refractivity contribution in [3.63, 3.8) is 0 Å². The van der Waals surface area contributed by atoms with Crippen LogP contribution in [0.1, 0.15) is 22.5 Å². The van der Waals surface area contributed by atoms with Crippen LogP contribution in [0.2, 0.25) is 0 Å². The summed E-state index contributed by atoms with van der Waals surface area (Å²) < 4.78 is 2.00. The summed E-state index contributed by atoms with van der Waals surface area (Å²) in [5.74, 6) is 0. The third-order valence-electron chi connectivity index (χ3n) is 5.90. The molecule has 156 valence electrons. The van der Waals surface area contributed by atoms with Crippen molar-refractivity contribution in [2.24, 2.45) is 0 Å². The first kappa shape index (κ1) is 20.0. The number of nitrogens with one attached hydrogen (secondary N) is 1. The zero-order valence-corrected chi connectivity index (χ0v) is 18.1. The lowest BCUT2D eigenvalue weighted by atomic mass is 10.1. The van der Waals surface area contributed by atoms with Crippen molar-refractivity contribution < 1.29 is 4.79 Å². The normalized spacial score (nSPS) is 14.1. The quantitative estimate of drug-likeness (QED) is 0.702. The van der Waals surface area contributed by atoms with Gasteiger partial charge in [-0.05, 0) is 63.1 Å². The van der Waals surface area contributed by atoms with Gasteiger partial charge in [-0.15, -0.1) is 0 Å². The predicted octanol–water partition coefficient (Wildman–Crippen LogP) is 4.46. The average molecular weight is 404 g/mol. The number of amides is 2. The fraction of sp³-hybridized carbons (Fsp3) is 0.333. The molecule has 1 N–H and O–H groups in total. The first-order valence-corrected chi connectivity index (χ1v) is 10.4. The molecule has 30 heavy (non-hydrogen) atoms. The molecule has 0 aliphatic carbocycles. The van der Waals surface area contributed by atoms with Gasteiger partial charge >= 0.3 is 6.03 Å². The Bertz CT molecular complexity index is 1050. The zero-order chi connectivity index (χ0) is 21.3. The van der Waals surface area contributed by atoms with Crippen LogP contribution >= 0.6 is 0 Å². The van der Waals surface area contributed by atoms with Crippen molar-refractivity contribution in [2.45, 2.75) is 27.7 Å². The number of carbonyl (C=O) groups excluding carboxylic acids is 1. The topological polar surface area (TPSA) is 53.4 Å². The van der Waals surface area contributed by atoms with Gasteiger partial charge in [0.05, 0.1) is 22.8 Å². The van der Waals surface area contributed by atoms with Crippen LogP contribution in [-0.2, 0) is 0 Å². The SMILES string of the molecule is Cc1ccc(NC(=O)N2CCN(c3c(C)nn(-c4ccccc4)c3C)CC2)cc1C. The summed E-state index contributed by atoms with van der Waals surface area (Å²) in [6.07, 6.45) is 0. The summed E-state index contributed by atoms with van der Waals surface area (Å²) in [4.78, 5) is 16.9. The largest absolute Gasteiger partial charge is 0.365 e. The molecule has 0 saturated carbocycles. The van der Waals surface area contributed by atoms with Gasteiger partial charge in [0.15, 0.2) is 0 Å². The van der Waals surface area contributed by atoms with Crippen LogP contribution < -0.4 is 10.2 Å². The van der Waals surface area contributed by atoms with E-state index in [4.69, 9.17) is 5.10 Å². The van der Waals surface area contributed by atoms with Crippen molar-refractivity contribution in [1.82, 2.24) is 14.7 Å². The van der Waals surface area contributed by atoms with Crippen molar-refractivity contribution in [2.75, 3.05) is 36.4 Å². The van der Waals surface area contributed by atoms with E-state index in [-0.39, 0.29) is 6.03 Å². The van der Waals surface area contributed by atoms with Gasteiger partial charge < -0.3 is 15.1 Å². The van der Waals surface area contributed by atoms with Crippen LogP contribution in [0.5, 0.6) is 0 Å². The Hall–Kier alpha value is -3.28. The smallest absolute Gasteiger partial charge is 0.321 e. The summed E-state index contributed by atoms with van der Waals surface area (Å²) >= 11 is 0. The third-order valence-corrected chi connectivity index (χ3v) is 5.90. The molecule has 6 nitrogen and oxygen atoms in total. The number of anilines is 2. The molecule has 2 heterocycles. The van der Waals surface area contributed by atoms with E-state index in [0.29, 0.717) is 13.1 Å². The van der Waals surface area contributed by atoms with E-state index in [9.17, 15) is 4.79 Å². The Morgan fingerprint density at radius 3 is 2.27 bits per heavy atom. The number of piperazine rings is 1. The number of aromatic nitrogens is 2. The van der Waals surface area contributed by atoms with E-state index >= 15 is 0 Å². The maximum atomic E-state index is 12.7. The number of rotatable bonds is 3. The first-order chi connectivity index (χ1) is 14.4. The highest BCUT2D eigenvalue weighted by Gasteiger charge is 2.25. The maximum absolute atomic E-state index is 12.7. The Morgan fingerprint density at radius 2 is 1.60 bits per heavy atom. The Labute approximate surface area is 178 Å². The highest BCUT2D eigenvalue weighted by molar-refractivity contribution is 5.89. The molecule has 1 fully saturated rings. The minimum Gasteiger partial charge on any atom is -0.365 e. The second-order valence-corrected chi connectivity index (χ2v) is 7.97. The minimum absolute atomic E-state index is 0.0358. The van der Waals surface area contributed by atoms with Crippen molar-refractivity contribution in [1.29, 1.82) is 0 Å². The van der Waals surface area contributed by atoms with Crippen LogP contribution in [-0.4, -0.2) is 46.9 Å². The van der Waals surface area contributed by atoms with Gasteiger partial charge in [-0.25, -0.2) is 9.48 Å². The van der Waals surface area contributed by atoms with Crippen molar-refractivity contribution in [3.05, 3.63) is 71.0 Å². The molecule has 0 radical (unpaired) electrons. The molecule has 6 heteroatoms. The molecule has 0 spiro atoms. The van der Waals surface area contributed by atoms with Gasteiger partial charge in [0.25, 0.3) is 0 Å². The molecular weight excluding hydrogens is 374 g/mol. The van der Waals surface area contributed by atoms with Crippen LogP contribution in [0, 0.1) is 27.7 Å². The van der Waals surface area contributed by atoms with Crippen LogP contribution in [0.15, 0.2) is 48.5 Å². The van der Waals surface area contributed by atoms with Gasteiger partial charge in [0.2, 0.25) is 0 Å². The lowest BCUT2D eigenvalue weighted by molar-refractivity contribution is 0.208. The summed E-state index contributed by atoms with van der Waals surface area (Å²) in [5, 5.41) is 7.80. The second-order valence-electron chi connectivity index (χ2n) is 7.97. The van der Waals surface area contributed by atoms with Gasteiger partial charge in [0.1, 0.15) is 0 Å². The van der Waals surface area contributed by atoms with E-state index in [1.54, 1.807) is 0 Å². The Kier molecular flexibility index (Phi) is 5.48.